The van der Waals surface area contributed by atoms with Crippen molar-refractivity contribution in [1.29, 1.82) is 0 Å². The van der Waals surface area contributed by atoms with Gasteiger partial charge >= 0.3 is 0 Å². The van der Waals surface area contributed by atoms with Crippen LogP contribution in [-0.2, 0) is 6.42 Å². The molecule has 0 aliphatic heterocycles. The maximum absolute atomic E-state index is 13.6. The number of halogens is 3. The Labute approximate surface area is 110 Å². The van der Waals surface area contributed by atoms with E-state index in [-0.39, 0.29) is 11.6 Å². The van der Waals surface area contributed by atoms with E-state index in [2.05, 4.69) is 22.9 Å². The van der Waals surface area contributed by atoms with Gasteiger partial charge in [0, 0.05) is 11.6 Å². The molecule has 0 bridgehead atoms. The van der Waals surface area contributed by atoms with E-state index in [1.807, 2.05) is 0 Å². The Kier molecular flexibility index (Phi) is 6.06. The lowest BCUT2D eigenvalue weighted by molar-refractivity contribution is 0.512. The van der Waals surface area contributed by atoms with Crippen molar-refractivity contribution >= 4 is 15.9 Å². The second kappa shape index (κ2) is 7.07. The molecule has 0 heterocycles. The van der Waals surface area contributed by atoms with Crippen LogP contribution < -0.4 is 5.73 Å². The fourth-order valence-corrected chi connectivity index (χ4v) is 2.23. The molecule has 0 aliphatic carbocycles. The van der Waals surface area contributed by atoms with Crippen LogP contribution in [0.1, 0.15) is 38.2 Å². The van der Waals surface area contributed by atoms with Crippen molar-refractivity contribution in [2.45, 2.75) is 45.1 Å². The molecule has 1 atom stereocenters. The fourth-order valence-electron chi connectivity index (χ4n) is 1.85. The highest BCUT2D eigenvalue weighted by Gasteiger charge is 2.12. The Morgan fingerprint density at radius 2 is 2.00 bits per heavy atom. The summed E-state index contributed by atoms with van der Waals surface area (Å²) in [6, 6.07) is 2.81. The molecule has 0 radical (unpaired) electrons. The van der Waals surface area contributed by atoms with Gasteiger partial charge in [-0.05, 0) is 53.7 Å². The topological polar surface area (TPSA) is 26.0 Å². The molecule has 0 aromatic heterocycles. The molecule has 17 heavy (non-hydrogen) atoms. The molecule has 0 amide bonds. The SMILES string of the molecule is CCCC(N)CCCc1c(F)ccc(Br)c1F. The fraction of sp³-hybridized carbons (Fsp3) is 0.538. The second-order valence-electron chi connectivity index (χ2n) is 4.26. The third-order valence-corrected chi connectivity index (χ3v) is 3.41. The lowest BCUT2D eigenvalue weighted by Gasteiger charge is -2.11. The molecule has 1 nitrogen and oxygen atoms in total. The predicted molar refractivity (Wildman–Crippen MR) is 69.9 cm³/mol. The van der Waals surface area contributed by atoms with Crippen molar-refractivity contribution < 1.29 is 8.78 Å². The highest BCUT2D eigenvalue weighted by atomic mass is 79.9. The molecule has 0 saturated heterocycles. The van der Waals surface area contributed by atoms with Crippen LogP contribution in [0.3, 0.4) is 0 Å². The molecule has 2 N–H and O–H groups in total. The molecule has 1 aromatic carbocycles. The zero-order valence-corrected chi connectivity index (χ0v) is 11.6. The molecule has 0 fully saturated rings. The Bertz CT molecular complexity index is 369. The quantitative estimate of drug-likeness (QED) is 0.784. The third-order valence-electron chi connectivity index (χ3n) is 2.80. The van der Waals surface area contributed by atoms with E-state index in [0.29, 0.717) is 17.3 Å². The molecule has 1 aromatic rings. The van der Waals surface area contributed by atoms with Crippen LogP contribution in [0.4, 0.5) is 8.78 Å². The van der Waals surface area contributed by atoms with Gasteiger partial charge in [0.25, 0.3) is 0 Å². The third kappa shape index (κ3) is 4.36. The first-order valence-corrected chi connectivity index (χ1v) is 6.73. The minimum Gasteiger partial charge on any atom is -0.328 e. The van der Waals surface area contributed by atoms with Crippen LogP contribution in [0.5, 0.6) is 0 Å². The van der Waals surface area contributed by atoms with E-state index in [0.717, 1.165) is 19.3 Å². The largest absolute Gasteiger partial charge is 0.328 e. The van der Waals surface area contributed by atoms with Crippen molar-refractivity contribution in [3.05, 3.63) is 33.8 Å². The average molecular weight is 306 g/mol. The smallest absolute Gasteiger partial charge is 0.143 e. The molecule has 1 unspecified atom stereocenters. The summed E-state index contributed by atoms with van der Waals surface area (Å²) < 4.78 is 27.3. The van der Waals surface area contributed by atoms with E-state index in [4.69, 9.17) is 5.73 Å². The van der Waals surface area contributed by atoms with E-state index < -0.39 is 11.6 Å². The van der Waals surface area contributed by atoms with Crippen LogP contribution in [-0.4, -0.2) is 6.04 Å². The summed E-state index contributed by atoms with van der Waals surface area (Å²) in [5, 5.41) is 0. The van der Waals surface area contributed by atoms with Gasteiger partial charge in [-0.2, -0.15) is 0 Å². The normalized spacial score (nSPS) is 12.8. The highest BCUT2D eigenvalue weighted by molar-refractivity contribution is 9.10. The summed E-state index contributed by atoms with van der Waals surface area (Å²) in [7, 11) is 0. The van der Waals surface area contributed by atoms with Gasteiger partial charge in [-0.15, -0.1) is 0 Å². The monoisotopic (exact) mass is 305 g/mol. The first-order chi connectivity index (χ1) is 8.06. The van der Waals surface area contributed by atoms with Gasteiger partial charge in [0.05, 0.1) is 4.47 Å². The molecule has 96 valence electrons. The van der Waals surface area contributed by atoms with Crippen molar-refractivity contribution in [2.75, 3.05) is 0 Å². The maximum atomic E-state index is 13.6. The zero-order chi connectivity index (χ0) is 12.8. The summed E-state index contributed by atoms with van der Waals surface area (Å²) in [6.07, 6.45) is 3.92. The van der Waals surface area contributed by atoms with Gasteiger partial charge < -0.3 is 5.73 Å². The molecule has 4 heteroatoms. The Morgan fingerprint density at radius 3 is 2.65 bits per heavy atom. The summed E-state index contributed by atoms with van der Waals surface area (Å²) in [4.78, 5) is 0. The number of hydrogen-bond acceptors (Lipinski definition) is 1. The molecule has 0 aliphatic rings. The molecular weight excluding hydrogens is 288 g/mol. The van der Waals surface area contributed by atoms with Crippen molar-refractivity contribution in [3.63, 3.8) is 0 Å². The van der Waals surface area contributed by atoms with Gasteiger partial charge in [0.15, 0.2) is 0 Å². The number of benzene rings is 1. The maximum Gasteiger partial charge on any atom is 0.143 e. The van der Waals surface area contributed by atoms with Gasteiger partial charge in [0.1, 0.15) is 11.6 Å². The molecule has 1 rings (SSSR count). The van der Waals surface area contributed by atoms with Crippen molar-refractivity contribution in [3.8, 4) is 0 Å². The van der Waals surface area contributed by atoms with E-state index in [9.17, 15) is 8.78 Å². The minimum absolute atomic E-state index is 0.137. The van der Waals surface area contributed by atoms with Gasteiger partial charge in [0.2, 0.25) is 0 Å². The van der Waals surface area contributed by atoms with Crippen molar-refractivity contribution in [2.24, 2.45) is 5.73 Å². The number of nitrogens with two attached hydrogens (primary N) is 1. The van der Waals surface area contributed by atoms with E-state index in [1.165, 1.54) is 12.1 Å². The molecule has 0 saturated carbocycles. The Morgan fingerprint density at radius 1 is 1.29 bits per heavy atom. The van der Waals surface area contributed by atoms with Crippen molar-refractivity contribution in [1.82, 2.24) is 0 Å². The van der Waals surface area contributed by atoms with Gasteiger partial charge in [-0.25, -0.2) is 8.78 Å². The highest BCUT2D eigenvalue weighted by Crippen LogP contribution is 2.23. The summed E-state index contributed by atoms with van der Waals surface area (Å²) in [5.74, 6) is -0.969. The lowest BCUT2D eigenvalue weighted by atomic mass is 10.0. The van der Waals surface area contributed by atoms with Crippen LogP contribution in [0.15, 0.2) is 16.6 Å². The van der Waals surface area contributed by atoms with Crippen LogP contribution in [0.2, 0.25) is 0 Å². The van der Waals surface area contributed by atoms with Gasteiger partial charge in [-0.1, -0.05) is 13.3 Å². The van der Waals surface area contributed by atoms with Crippen LogP contribution >= 0.6 is 15.9 Å². The standard InChI is InChI=1S/C13H18BrF2N/c1-2-4-9(17)5-3-6-10-12(15)8-7-11(14)13(10)16/h7-9H,2-6,17H2,1H3. The molecule has 0 spiro atoms. The second-order valence-corrected chi connectivity index (χ2v) is 5.12. The summed E-state index contributed by atoms with van der Waals surface area (Å²) in [6.45, 7) is 2.08. The van der Waals surface area contributed by atoms with E-state index >= 15 is 0 Å². The van der Waals surface area contributed by atoms with Crippen LogP contribution in [0.25, 0.3) is 0 Å². The summed E-state index contributed by atoms with van der Waals surface area (Å²) in [5.41, 5.74) is 6.01. The first kappa shape index (κ1) is 14.6. The summed E-state index contributed by atoms with van der Waals surface area (Å²) >= 11 is 3.06. The lowest BCUT2D eigenvalue weighted by Crippen LogP contribution is -2.19. The van der Waals surface area contributed by atoms with Gasteiger partial charge in [-0.3, -0.25) is 0 Å². The Balaban J connectivity index is 2.55. The van der Waals surface area contributed by atoms with E-state index in [1.54, 1.807) is 0 Å². The number of hydrogen-bond donors (Lipinski definition) is 1. The average Bonchev–Trinajstić information content (AvgIpc) is 2.29. The Hall–Kier alpha value is -0.480. The van der Waals surface area contributed by atoms with Crippen LogP contribution in [0, 0.1) is 11.6 Å². The zero-order valence-electron chi connectivity index (χ0n) is 9.98. The minimum atomic E-state index is -0.492. The molecular formula is C13H18BrF2N. The predicted octanol–water partition coefficient (Wildman–Crippen LogP) is 4.18. The first-order valence-electron chi connectivity index (χ1n) is 5.94. The number of rotatable bonds is 6.